The van der Waals surface area contributed by atoms with Crippen LogP contribution < -0.4 is 0 Å². The van der Waals surface area contributed by atoms with Gasteiger partial charge in [0.25, 0.3) is 0 Å². The fraction of sp³-hybridized carbons (Fsp3) is 0.831. The first-order chi connectivity index (χ1) is 41.0. The Morgan fingerprint density at radius 3 is 0.735 bits per heavy atom. The van der Waals surface area contributed by atoms with Crippen LogP contribution in [0.2, 0.25) is 0 Å². The third-order valence-corrected chi connectivity index (χ3v) is 16.5. The number of hydrogen-bond acceptors (Lipinski definition) is 6. The van der Waals surface area contributed by atoms with Crippen molar-refractivity contribution in [2.45, 2.75) is 399 Å². The van der Waals surface area contributed by atoms with Crippen molar-refractivity contribution in [2.24, 2.45) is 0 Å². The van der Waals surface area contributed by atoms with Crippen LogP contribution in [-0.2, 0) is 28.6 Å². The lowest BCUT2D eigenvalue weighted by molar-refractivity contribution is -0.167. The molecule has 0 amide bonds. The summed E-state index contributed by atoms with van der Waals surface area (Å²) in [7, 11) is 0. The Morgan fingerprint density at radius 1 is 0.253 bits per heavy atom. The second-order valence-electron chi connectivity index (χ2n) is 24.8. The number of hydrogen-bond donors (Lipinski definition) is 0. The predicted octanol–water partition coefficient (Wildman–Crippen LogP) is 25.5. The quantitative estimate of drug-likeness (QED) is 0.0261. The van der Waals surface area contributed by atoms with Gasteiger partial charge in [-0.1, -0.05) is 370 Å². The lowest BCUT2D eigenvalue weighted by Gasteiger charge is -2.18. The van der Waals surface area contributed by atoms with Crippen LogP contribution in [0.15, 0.2) is 60.8 Å². The summed E-state index contributed by atoms with van der Waals surface area (Å²) < 4.78 is 17.0. The van der Waals surface area contributed by atoms with E-state index in [1.807, 2.05) is 0 Å². The summed E-state index contributed by atoms with van der Waals surface area (Å²) in [6.07, 6.45) is 92.5. The van der Waals surface area contributed by atoms with Crippen molar-refractivity contribution in [1.29, 1.82) is 0 Å². The number of unbranched alkanes of at least 4 members (excludes halogenated alkanes) is 47. The van der Waals surface area contributed by atoms with Crippen LogP contribution in [0.1, 0.15) is 393 Å². The zero-order chi connectivity index (χ0) is 59.9. The van der Waals surface area contributed by atoms with E-state index >= 15 is 0 Å². The SMILES string of the molecule is CC/C=C\C/C=C\C/C=C\C/C=C\C/C=C\CCCCCCCCCCCCCC(=O)OCC(COC(=O)CCCCCCCCCCCCCCCCCCCC)OC(=O)CCCCCCCCCCCCCCCCCCCCCC. The predicted molar refractivity (Wildman–Crippen MR) is 362 cm³/mol. The molecule has 0 bridgehead atoms. The molecule has 0 aliphatic heterocycles. The summed E-state index contributed by atoms with van der Waals surface area (Å²) in [6, 6.07) is 0. The van der Waals surface area contributed by atoms with Crippen LogP contribution >= 0.6 is 0 Å². The Kier molecular flexibility index (Phi) is 69.1. The number of ether oxygens (including phenoxy) is 3. The minimum Gasteiger partial charge on any atom is -0.462 e. The van der Waals surface area contributed by atoms with Gasteiger partial charge in [0.1, 0.15) is 13.2 Å². The van der Waals surface area contributed by atoms with E-state index in [0.29, 0.717) is 19.3 Å². The van der Waals surface area contributed by atoms with Crippen LogP contribution in [0.3, 0.4) is 0 Å². The largest absolute Gasteiger partial charge is 0.462 e. The Labute approximate surface area is 517 Å². The van der Waals surface area contributed by atoms with Crippen LogP contribution in [0.4, 0.5) is 0 Å². The molecule has 1 atom stereocenters. The van der Waals surface area contributed by atoms with Crippen LogP contribution in [0.25, 0.3) is 0 Å². The number of rotatable bonds is 68. The van der Waals surface area contributed by atoms with Gasteiger partial charge in [-0.3, -0.25) is 14.4 Å². The Bertz CT molecular complexity index is 1470. The Hall–Kier alpha value is -2.89. The average molecular weight is 1160 g/mol. The molecule has 83 heavy (non-hydrogen) atoms. The van der Waals surface area contributed by atoms with E-state index < -0.39 is 6.10 Å². The van der Waals surface area contributed by atoms with Crippen molar-refractivity contribution in [2.75, 3.05) is 13.2 Å². The van der Waals surface area contributed by atoms with Gasteiger partial charge in [-0.05, 0) is 64.2 Å². The molecule has 0 aromatic heterocycles. The maximum Gasteiger partial charge on any atom is 0.306 e. The zero-order valence-corrected chi connectivity index (χ0v) is 55.7. The van der Waals surface area contributed by atoms with E-state index in [2.05, 4.69) is 81.5 Å². The standard InChI is InChI=1S/C77H140O6/c1-4-7-10-13-16-19-22-25-28-31-34-36-37-38-39-40-41-42-44-46-49-52-55-58-61-64-67-70-76(79)82-73-74(72-81-75(78)69-66-63-60-57-54-51-48-45-33-30-27-24-21-18-15-12-9-6-3)83-77(80)71-68-65-62-59-56-53-50-47-43-35-32-29-26-23-20-17-14-11-8-5-2/h7,10,16,19,25,28,34,36,38-39,74H,4-6,8-9,11-15,17-18,20-24,26-27,29-33,35,37,40-73H2,1-3H3/b10-7-,19-16-,28-25-,36-34-,39-38-. The molecule has 0 aliphatic carbocycles. The van der Waals surface area contributed by atoms with E-state index in [1.165, 1.54) is 263 Å². The third kappa shape index (κ3) is 69.8. The highest BCUT2D eigenvalue weighted by atomic mass is 16.6. The number of allylic oxidation sites excluding steroid dienone is 10. The molecule has 484 valence electrons. The molecular weight excluding hydrogens is 1020 g/mol. The van der Waals surface area contributed by atoms with Gasteiger partial charge in [-0.25, -0.2) is 0 Å². The summed E-state index contributed by atoms with van der Waals surface area (Å²) >= 11 is 0. The lowest BCUT2D eigenvalue weighted by atomic mass is 10.0. The van der Waals surface area contributed by atoms with Crippen molar-refractivity contribution >= 4 is 17.9 Å². The fourth-order valence-corrected chi connectivity index (χ4v) is 11.1. The molecule has 0 spiro atoms. The van der Waals surface area contributed by atoms with E-state index in [9.17, 15) is 14.4 Å². The Morgan fingerprint density at radius 2 is 0.470 bits per heavy atom. The van der Waals surface area contributed by atoms with Gasteiger partial charge < -0.3 is 14.2 Å². The average Bonchev–Trinajstić information content (AvgIpc) is 3.49. The molecule has 0 radical (unpaired) electrons. The highest BCUT2D eigenvalue weighted by Gasteiger charge is 2.19. The first-order valence-electron chi connectivity index (χ1n) is 36.8. The maximum atomic E-state index is 13.0. The minimum absolute atomic E-state index is 0.0682. The van der Waals surface area contributed by atoms with Gasteiger partial charge in [0.2, 0.25) is 0 Å². The van der Waals surface area contributed by atoms with Crippen molar-refractivity contribution in [3.8, 4) is 0 Å². The molecule has 1 unspecified atom stereocenters. The molecule has 6 heteroatoms. The summed E-state index contributed by atoms with van der Waals surface area (Å²) in [5, 5.41) is 0. The topological polar surface area (TPSA) is 78.9 Å². The molecule has 0 saturated carbocycles. The minimum atomic E-state index is -0.773. The molecule has 0 rings (SSSR count). The van der Waals surface area contributed by atoms with E-state index in [-0.39, 0.29) is 31.1 Å². The zero-order valence-electron chi connectivity index (χ0n) is 55.7. The first kappa shape index (κ1) is 80.1. The smallest absolute Gasteiger partial charge is 0.306 e. The highest BCUT2D eigenvalue weighted by molar-refractivity contribution is 5.71. The maximum absolute atomic E-state index is 13.0. The summed E-state index contributed by atoms with van der Waals surface area (Å²) in [4.78, 5) is 38.5. The Balaban J connectivity index is 4.30. The lowest BCUT2D eigenvalue weighted by Crippen LogP contribution is -2.30. The molecule has 0 fully saturated rings. The summed E-state index contributed by atoms with van der Waals surface area (Å²) in [5.74, 6) is -0.840. The van der Waals surface area contributed by atoms with Gasteiger partial charge >= 0.3 is 17.9 Å². The molecule has 0 aromatic carbocycles. The first-order valence-corrected chi connectivity index (χ1v) is 36.8. The van der Waals surface area contributed by atoms with Crippen LogP contribution in [0, 0.1) is 0 Å². The monoisotopic (exact) mass is 1160 g/mol. The van der Waals surface area contributed by atoms with Gasteiger partial charge in [0.05, 0.1) is 0 Å². The van der Waals surface area contributed by atoms with Crippen molar-refractivity contribution in [1.82, 2.24) is 0 Å². The second-order valence-corrected chi connectivity index (χ2v) is 24.8. The fourth-order valence-electron chi connectivity index (χ4n) is 11.1. The van der Waals surface area contributed by atoms with Gasteiger partial charge in [0.15, 0.2) is 6.10 Å². The van der Waals surface area contributed by atoms with E-state index in [4.69, 9.17) is 14.2 Å². The highest BCUT2D eigenvalue weighted by Crippen LogP contribution is 2.19. The molecule has 0 N–H and O–H groups in total. The van der Waals surface area contributed by atoms with Crippen LogP contribution in [0.5, 0.6) is 0 Å². The molecule has 0 saturated heterocycles. The molecule has 0 heterocycles. The van der Waals surface area contributed by atoms with Crippen LogP contribution in [-0.4, -0.2) is 37.2 Å². The molecular formula is C77H140O6. The van der Waals surface area contributed by atoms with E-state index in [0.717, 1.165) is 89.9 Å². The third-order valence-electron chi connectivity index (χ3n) is 16.5. The van der Waals surface area contributed by atoms with Crippen molar-refractivity contribution < 1.29 is 28.6 Å². The normalized spacial score (nSPS) is 12.4. The van der Waals surface area contributed by atoms with Crippen molar-refractivity contribution in [3.63, 3.8) is 0 Å². The summed E-state index contributed by atoms with van der Waals surface area (Å²) in [6.45, 7) is 6.61. The molecule has 0 aliphatic rings. The second kappa shape index (κ2) is 71.6. The van der Waals surface area contributed by atoms with Gasteiger partial charge in [-0.15, -0.1) is 0 Å². The summed E-state index contributed by atoms with van der Waals surface area (Å²) in [5.41, 5.74) is 0. The van der Waals surface area contributed by atoms with Gasteiger partial charge in [0, 0.05) is 19.3 Å². The van der Waals surface area contributed by atoms with E-state index in [1.54, 1.807) is 0 Å². The number of carbonyl (C=O) groups is 3. The molecule has 6 nitrogen and oxygen atoms in total. The number of esters is 3. The number of carbonyl (C=O) groups excluding carboxylic acids is 3. The molecule has 0 aromatic rings. The van der Waals surface area contributed by atoms with Gasteiger partial charge in [-0.2, -0.15) is 0 Å². The van der Waals surface area contributed by atoms with Crippen molar-refractivity contribution in [3.05, 3.63) is 60.8 Å².